The first-order chi connectivity index (χ1) is 12.8. The van der Waals surface area contributed by atoms with Crippen molar-refractivity contribution in [1.82, 2.24) is 0 Å². The Balaban J connectivity index is 1.99. The highest BCUT2D eigenvalue weighted by atomic mass is 16.5. The lowest BCUT2D eigenvalue weighted by Crippen LogP contribution is -2.34. The number of hydrogen-bond acceptors (Lipinski definition) is 6. The first kappa shape index (κ1) is 17.1. The fourth-order valence-electron chi connectivity index (χ4n) is 3.89. The zero-order chi connectivity index (χ0) is 19.3. The Labute approximate surface area is 155 Å². The topological polar surface area (TPSA) is 106 Å². The minimum Gasteiger partial charge on any atom is -0.464 e. The predicted molar refractivity (Wildman–Crippen MR) is 98.2 cm³/mol. The molecule has 0 fully saturated rings. The molecule has 136 valence electrons. The number of para-hydroxylation sites is 1. The van der Waals surface area contributed by atoms with E-state index in [2.05, 4.69) is 0 Å². The van der Waals surface area contributed by atoms with Crippen LogP contribution in [0.4, 0.5) is 0 Å². The third kappa shape index (κ3) is 2.63. The van der Waals surface area contributed by atoms with Crippen LogP contribution in [-0.4, -0.2) is 5.78 Å². The van der Waals surface area contributed by atoms with Gasteiger partial charge in [-0.3, -0.25) is 9.59 Å². The second-order valence-corrected chi connectivity index (χ2v) is 7.72. The van der Waals surface area contributed by atoms with E-state index in [9.17, 15) is 14.9 Å². The van der Waals surface area contributed by atoms with E-state index < -0.39 is 5.92 Å². The number of nitrogens with two attached hydrogens (primary N) is 1. The summed E-state index contributed by atoms with van der Waals surface area (Å²) in [5.74, 6) is -0.646. The lowest BCUT2D eigenvalue weighted by Gasteiger charge is -2.36. The number of fused-ring (bicyclic) bond motifs is 1. The Morgan fingerprint density at radius 1 is 1.22 bits per heavy atom. The molecule has 2 aliphatic rings. The monoisotopic (exact) mass is 362 g/mol. The molecule has 0 amide bonds. The van der Waals surface area contributed by atoms with Crippen LogP contribution in [0, 0.1) is 16.7 Å². The maximum absolute atomic E-state index is 13.1. The molecular weight excluding hydrogens is 344 g/mol. The second-order valence-electron chi connectivity index (χ2n) is 7.72. The highest BCUT2D eigenvalue weighted by molar-refractivity contribution is 6.00. The van der Waals surface area contributed by atoms with Crippen LogP contribution in [0.2, 0.25) is 0 Å². The Kier molecular flexibility index (Phi) is 3.70. The van der Waals surface area contributed by atoms with Crippen molar-refractivity contribution >= 4 is 16.8 Å². The Hall–Kier alpha value is -3.33. The molecule has 1 atom stereocenters. The van der Waals surface area contributed by atoms with Gasteiger partial charge in [0.25, 0.3) is 0 Å². The van der Waals surface area contributed by atoms with Crippen LogP contribution in [-0.2, 0) is 9.53 Å². The molecule has 2 N–H and O–H groups in total. The van der Waals surface area contributed by atoms with Crippen molar-refractivity contribution in [3.63, 3.8) is 0 Å². The van der Waals surface area contributed by atoms with Crippen LogP contribution in [0.3, 0.4) is 0 Å². The van der Waals surface area contributed by atoms with Crippen LogP contribution in [0.25, 0.3) is 11.0 Å². The summed E-state index contributed by atoms with van der Waals surface area (Å²) in [4.78, 5) is 26.0. The number of carbonyl (C=O) groups is 1. The van der Waals surface area contributed by atoms with Gasteiger partial charge in [-0.05, 0) is 17.5 Å². The molecule has 27 heavy (non-hydrogen) atoms. The number of nitriles is 1. The molecule has 0 bridgehead atoms. The number of allylic oxidation sites excluding steroid dienone is 3. The lowest BCUT2D eigenvalue weighted by atomic mass is 9.70. The molecule has 1 aromatic carbocycles. The fourth-order valence-corrected chi connectivity index (χ4v) is 3.89. The highest BCUT2D eigenvalue weighted by Gasteiger charge is 2.44. The Morgan fingerprint density at radius 2 is 1.96 bits per heavy atom. The number of nitrogens with zero attached hydrogens (tertiary/aromatic N) is 1. The van der Waals surface area contributed by atoms with Crippen LogP contribution >= 0.6 is 0 Å². The second kappa shape index (κ2) is 5.85. The van der Waals surface area contributed by atoms with Crippen molar-refractivity contribution in [3.05, 3.63) is 69.1 Å². The summed E-state index contributed by atoms with van der Waals surface area (Å²) in [6.45, 7) is 3.94. The first-order valence-corrected chi connectivity index (χ1v) is 8.66. The fraction of sp³-hybridized carbons (Fsp3) is 0.286. The van der Waals surface area contributed by atoms with Gasteiger partial charge in [-0.25, -0.2) is 0 Å². The van der Waals surface area contributed by atoms with Gasteiger partial charge in [0, 0.05) is 24.0 Å². The number of ether oxygens (including phenoxy) is 1. The number of rotatable bonds is 1. The minimum atomic E-state index is -0.872. The maximum atomic E-state index is 13.1. The van der Waals surface area contributed by atoms with E-state index in [-0.39, 0.29) is 33.6 Å². The smallest absolute Gasteiger partial charge is 0.205 e. The summed E-state index contributed by atoms with van der Waals surface area (Å²) in [6, 6.07) is 8.87. The third-order valence-electron chi connectivity index (χ3n) is 5.09. The number of ketones is 1. The average Bonchev–Trinajstić information content (AvgIpc) is 2.60. The van der Waals surface area contributed by atoms with Crippen molar-refractivity contribution in [3.8, 4) is 6.07 Å². The van der Waals surface area contributed by atoms with Gasteiger partial charge in [-0.2, -0.15) is 5.26 Å². The average molecular weight is 362 g/mol. The summed E-state index contributed by atoms with van der Waals surface area (Å²) in [5, 5.41) is 10.0. The van der Waals surface area contributed by atoms with Gasteiger partial charge in [0.1, 0.15) is 23.0 Å². The molecule has 2 heterocycles. The summed E-state index contributed by atoms with van der Waals surface area (Å²) in [7, 11) is 0. The lowest BCUT2D eigenvalue weighted by molar-refractivity contribution is -0.119. The molecule has 0 radical (unpaired) electrons. The predicted octanol–water partition coefficient (Wildman–Crippen LogP) is 3.24. The van der Waals surface area contributed by atoms with Crippen molar-refractivity contribution < 1.29 is 13.9 Å². The molecule has 4 rings (SSSR count). The largest absolute Gasteiger partial charge is 0.464 e. The van der Waals surface area contributed by atoms with E-state index in [1.54, 1.807) is 24.3 Å². The Morgan fingerprint density at radius 3 is 2.70 bits per heavy atom. The molecule has 6 heteroatoms. The third-order valence-corrected chi connectivity index (χ3v) is 5.09. The molecule has 0 saturated heterocycles. The van der Waals surface area contributed by atoms with Crippen molar-refractivity contribution in [2.75, 3.05) is 0 Å². The number of carbonyl (C=O) groups excluding carboxylic acids is 1. The van der Waals surface area contributed by atoms with Gasteiger partial charge in [0.2, 0.25) is 5.88 Å². The van der Waals surface area contributed by atoms with Crippen LogP contribution < -0.4 is 11.2 Å². The molecule has 1 aliphatic heterocycles. The van der Waals surface area contributed by atoms with Gasteiger partial charge < -0.3 is 14.9 Å². The van der Waals surface area contributed by atoms with E-state index in [4.69, 9.17) is 14.9 Å². The molecule has 6 nitrogen and oxygen atoms in total. The number of hydrogen-bond donors (Lipinski definition) is 1. The quantitative estimate of drug-likeness (QED) is 0.834. The molecular formula is C21H18N2O4. The van der Waals surface area contributed by atoms with Crippen LogP contribution in [0.5, 0.6) is 0 Å². The molecule has 0 spiro atoms. The van der Waals surface area contributed by atoms with E-state index in [0.717, 1.165) is 0 Å². The van der Waals surface area contributed by atoms with Gasteiger partial charge in [-0.1, -0.05) is 26.0 Å². The SMILES string of the molecule is CC1(C)CC(=O)C2=C(C1)OC(N)=C(C#N)[C@@H]2c1coc2ccccc2c1=O. The standard InChI is InChI=1S/C21H18N2O4/c1-21(2)7-14(24)18-16(8-21)27-20(23)12(9-22)17(18)13-10-26-15-6-4-3-5-11(15)19(13)25/h3-6,10,17H,7-8,23H2,1-2H3/t17-/m1/s1. The molecule has 0 saturated carbocycles. The minimum absolute atomic E-state index is 0.0596. The van der Waals surface area contributed by atoms with Gasteiger partial charge in [0.15, 0.2) is 11.2 Å². The normalized spacial score (nSPS) is 21.7. The van der Waals surface area contributed by atoms with Crippen LogP contribution in [0.15, 0.2) is 62.5 Å². The number of Topliss-reactive ketones (excluding diaryl/α,β-unsaturated/α-hetero) is 1. The van der Waals surface area contributed by atoms with Gasteiger partial charge >= 0.3 is 0 Å². The molecule has 1 aromatic heterocycles. The summed E-state index contributed by atoms with van der Waals surface area (Å²) in [5.41, 5.74) is 6.47. The van der Waals surface area contributed by atoms with Gasteiger partial charge in [-0.15, -0.1) is 0 Å². The Bertz CT molecular complexity index is 1140. The van der Waals surface area contributed by atoms with E-state index in [1.165, 1.54) is 6.26 Å². The van der Waals surface area contributed by atoms with Crippen molar-refractivity contribution in [1.29, 1.82) is 5.26 Å². The number of benzene rings is 1. The van der Waals surface area contributed by atoms with E-state index in [0.29, 0.717) is 35.1 Å². The van der Waals surface area contributed by atoms with E-state index in [1.807, 2.05) is 19.9 Å². The summed E-state index contributed by atoms with van der Waals surface area (Å²) < 4.78 is 11.3. The van der Waals surface area contributed by atoms with Crippen molar-refractivity contribution in [2.45, 2.75) is 32.6 Å². The maximum Gasteiger partial charge on any atom is 0.205 e. The van der Waals surface area contributed by atoms with Crippen LogP contribution in [0.1, 0.15) is 38.2 Å². The first-order valence-electron chi connectivity index (χ1n) is 8.66. The van der Waals surface area contributed by atoms with E-state index >= 15 is 0 Å². The summed E-state index contributed by atoms with van der Waals surface area (Å²) >= 11 is 0. The molecule has 1 aliphatic carbocycles. The van der Waals surface area contributed by atoms with Crippen molar-refractivity contribution in [2.24, 2.45) is 11.1 Å². The highest BCUT2D eigenvalue weighted by Crippen LogP contribution is 2.47. The molecule has 2 aromatic rings. The van der Waals surface area contributed by atoms with Gasteiger partial charge in [0.05, 0.1) is 17.6 Å². The molecule has 0 unspecified atom stereocenters. The summed E-state index contributed by atoms with van der Waals surface area (Å²) in [6.07, 6.45) is 2.13. The zero-order valence-corrected chi connectivity index (χ0v) is 15.0. The zero-order valence-electron chi connectivity index (χ0n) is 15.0.